The molecule has 0 amide bonds. The van der Waals surface area contributed by atoms with Gasteiger partial charge in [-0.25, -0.2) is 0 Å². The summed E-state index contributed by atoms with van der Waals surface area (Å²) in [7, 11) is 0. The lowest BCUT2D eigenvalue weighted by Gasteiger charge is -1.49. The van der Waals surface area contributed by atoms with Gasteiger partial charge in [-0.3, -0.25) is 9.17 Å². The molecule has 0 spiro atoms. The van der Waals surface area contributed by atoms with Crippen molar-refractivity contribution in [1.82, 2.24) is 4.37 Å². The molecule has 1 aromatic rings. The van der Waals surface area contributed by atoms with Crippen LogP contribution in [0, 0.1) is 0 Å². The lowest BCUT2D eigenvalue weighted by molar-refractivity contribution is 1.43. The van der Waals surface area contributed by atoms with Crippen molar-refractivity contribution >= 4 is 11.5 Å². The highest BCUT2D eigenvalue weighted by atomic mass is 32.1. The van der Waals surface area contributed by atoms with Crippen LogP contribution in [-0.2, 0) is 0 Å². The molecule has 1 aromatic heterocycles. The highest BCUT2D eigenvalue weighted by molar-refractivity contribution is 7.03. The number of nitrogens with one attached hydrogen (secondary N) is 1. The van der Waals surface area contributed by atoms with Gasteiger partial charge in [0.25, 0.3) is 5.56 Å². The van der Waals surface area contributed by atoms with Crippen molar-refractivity contribution in [2.24, 2.45) is 0 Å². The highest BCUT2D eigenvalue weighted by Gasteiger charge is 1.72. The van der Waals surface area contributed by atoms with E-state index in [2.05, 4.69) is 4.37 Å². The molecular weight excluding hydrogens is 122 g/mol. The van der Waals surface area contributed by atoms with Crippen molar-refractivity contribution in [2.75, 3.05) is 0 Å². The Hall–Kier alpha value is -0.570. The first kappa shape index (κ1) is 7.43. The molecule has 0 aliphatic carbocycles. The van der Waals surface area contributed by atoms with E-state index in [0.29, 0.717) is 0 Å². The van der Waals surface area contributed by atoms with E-state index < -0.39 is 0 Å². The molecule has 3 heteroatoms. The van der Waals surface area contributed by atoms with Crippen molar-refractivity contribution in [2.45, 2.75) is 13.8 Å². The summed E-state index contributed by atoms with van der Waals surface area (Å²) in [5.41, 5.74) is -0.0139. The normalized spacial score (nSPS) is 7.25. The van der Waals surface area contributed by atoms with Gasteiger partial charge in [-0.1, -0.05) is 25.4 Å². The van der Waals surface area contributed by atoms with Gasteiger partial charge in [-0.2, -0.15) is 0 Å². The predicted octanol–water partition coefficient (Wildman–Crippen LogP) is 1.46. The molecule has 0 unspecified atom stereocenters. The lowest BCUT2D eigenvalue weighted by atomic mass is 10.8. The maximum Gasteiger partial charge on any atom is 0.257 e. The predicted molar refractivity (Wildman–Crippen MR) is 36.3 cm³/mol. The third-order valence-corrected chi connectivity index (χ3v) is 1.04. The Morgan fingerprint density at radius 3 is 2.38 bits per heavy atom. The van der Waals surface area contributed by atoms with Gasteiger partial charge in [0.05, 0.1) is 0 Å². The van der Waals surface area contributed by atoms with Gasteiger partial charge in [0.2, 0.25) is 0 Å². The third kappa shape index (κ3) is 2.58. The average Bonchev–Trinajstić information content (AvgIpc) is 2.24. The summed E-state index contributed by atoms with van der Waals surface area (Å²) in [5, 5.41) is 1.71. The first-order chi connectivity index (χ1) is 3.89. The van der Waals surface area contributed by atoms with E-state index in [4.69, 9.17) is 0 Å². The van der Waals surface area contributed by atoms with Crippen molar-refractivity contribution in [3.63, 3.8) is 0 Å². The molecule has 1 heterocycles. The largest absolute Gasteiger partial charge is 0.278 e. The molecule has 0 aliphatic heterocycles. The number of hydrogen-bond acceptors (Lipinski definition) is 2. The molecule has 8 heavy (non-hydrogen) atoms. The fraction of sp³-hybridized carbons (Fsp3) is 0.400. The molecule has 46 valence electrons. The molecule has 0 bridgehead atoms. The standard InChI is InChI=1S/C3H3NOS.C2H6/c5-3-1-2-6-4-3;1-2/h1-2H,(H,4,5);1-2H3. The van der Waals surface area contributed by atoms with E-state index in [1.165, 1.54) is 17.6 Å². The van der Waals surface area contributed by atoms with Crippen LogP contribution in [0.2, 0.25) is 0 Å². The number of hydrogen-bond donors (Lipinski definition) is 1. The van der Waals surface area contributed by atoms with E-state index in [1.54, 1.807) is 5.38 Å². The molecule has 0 aromatic carbocycles. The Morgan fingerprint density at radius 2 is 2.25 bits per heavy atom. The Morgan fingerprint density at radius 1 is 1.62 bits per heavy atom. The van der Waals surface area contributed by atoms with Crippen LogP contribution in [0.25, 0.3) is 0 Å². The summed E-state index contributed by atoms with van der Waals surface area (Å²) in [4.78, 5) is 10.0. The lowest BCUT2D eigenvalue weighted by Crippen LogP contribution is -1.90. The monoisotopic (exact) mass is 131 g/mol. The number of aromatic amines is 1. The smallest absolute Gasteiger partial charge is 0.257 e. The second kappa shape index (κ2) is 4.59. The van der Waals surface area contributed by atoms with Crippen LogP contribution in [-0.4, -0.2) is 4.37 Å². The molecule has 0 radical (unpaired) electrons. The Bertz CT molecular complexity index is 150. The first-order valence-electron chi connectivity index (χ1n) is 2.52. The van der Waals surface area contributed by atoms with Gasteiger partial charge >= 0.3 is 0 Å². The summed E-state index contributed by atoms with van der Waals surface area (Å²) in [6.45, 7) is 4.00. The van der Waals surface area contributed by atoms with Crippen molar-refractivity contribution in [3.05, 3.63) is 21.8 Å². The molecule has 0 saturated carbocycles. The number of rotatable bonds is 0. The fourth-order valence-corrected chi connectivity index (χ4v) is 0.666. The van der Waals surface area contributed by atoms with Crippen LogP contribution in [0.5, 0.6) is 0 Å². The molecule has 0 atom stereocenters. The summed E-state index contributed by atoms with van der Waals surface area (Å²) < 4.78 is 2.49. The van der Waals surface area contributed by atoms with Gasteiger partial charge in [-0.15, -0.1) is 0 Å². The zero-order valence-corrected chi connectivity index (χ0v) is 5.79. The molecule has 1 N–H and O–H groups in total. The SMILES string of the molecule is CC.O=c1ccs[nH]1. The minimum Gasteiger partial charge on any atom is -0.278 e. The van der Waals surface area contributed by atoms with E-state index >= 15 is 0 Å². The first-order valence-corrected chi connectivity index (χ1v) is 3.40. The molecule has 0 fully saturated rings. The van der Waals surface area contributed by atoms with Gasteiger partial charge in [0, 0.05) is 11.4 Å². The van der Waals surface area contributed by atoms with E-state index in [-0.39, 0.29) is 5.56 Å². The molecular formula is C5H9NOS. The zero-order valence-electron chi connectivity index (χ0n) is 4.97. The maximum absolute atomic E-state index is 10.0. The molecule has 2 nitrogen and oxygen atoms in total. The Labute approximate surface area is 52.3 Å². The molecule has 0 saturated heterocycles. The summed E-state index contributed by atoms with van der Waals surface area (Å²) in [6, 6.07) is 1.49. The fourth-order valence-electron chi connectivity index (χ4n) is 0.222. The van der Waals surface area contributed by atoms with E-state index in [1.807, 2.05) is 13.8 Å². The summed E-state index contributed by atoms with van der Waals surface area (Å²) in [6.07, 6.45) is 0. The topological polar surface area (TPSA) is 32.9 Å². The minimum atomic E-state index is -0.0139. The second-order valence-corrected chi connectivity index (χ2v) is 1.60. The minimum absolute atomic E-state index is 0.0139. The van der Waals surface area contributed by atoms with Crippen molar-refractivity contribution in [1.29, 1.82) is 0 Å². The maximum atomic E-state index is 10.0. The van der Waals surface area contributed by atoms with Gasteiger partial charge in [0.15, 0.2) is 0 Å². The van der Waals surface area contributed by atoms with Crippen LogP contribution in [0.3, 0.4) is 0 Å². The van der Waals surface area contributed by atoms with Crippen LogP contribution in [0.1, 0.15) is 13.8 Å². The van der Waals surface area contributed by atoms with Crippen LogP contribution in [0.15, 0.2) is 16.2 Å². The third-order valence-electron chi connectivity index (χ3n) is 0.447. The van der Waals surface area contributed by atoms with Crippen LogP contribution >= 0.6 is 11.5 Å². The zero-order chi connectivity index (χ0) is 6.41. The molecule has 0 aliphatic rings. The summed E-state index contributed by atoms with van der Waals surface area (Å²) in [5.74, 6) is 0. The van der Waals surface area contributed by atoms with Crippen molar-refractivity contribution < 1.29 is 0 Å². The second-order valence-electron chi connectivity index (χ2n) is 0.887. The van der Waals surface area contributed by atoms with Crippen LogP contribution < -0.4 is 5.56 Å². The van der Waals surface area contributed by atoms with E-state index in [9.17, 15) is 4.79 Å². The van der Waals surface area contributed by atoms with E-state index in [0.717, 1.165) is 0 Å². The van der Waals surface area contributed by atoms with Gasteiger partial charge < -0.3 is 0 Å². The highest BCUT2D eigenvalue weighted by Crippen LogP contribution is 1.77. The molecule has 1 rings (SSSR count). The van der Waals surface area contributed by atoms with Gasteiger partial charge in [0.1, 0.15) is 0 Å². The quantitative estimate of drug-likeness (QED) is 0.568. The average molecular weight is 131 g/mol. The van der Waals surface area contributed by atoms with Crippen LogP contribution in [0.4, 0.5) is 0 Å². The summed E-state index contributed by atoms with van der Waals surface area (Å²) >= 11 is 1.30. The number of H-pyrrole nitrogens is 1. The number of aromatic nitrogens is 1. The Kier molecular flexibility index (Phi) is 4.26. The Balaban J connectivity index is 0.000000222. The van der Waals surface area contributed by atoms with Crippen molar-refractivity contribution in [3.8, 4) is 0 Å². The van der Waals surface area contributed by atoms with Gasteiger partial charge in [-0.05, 0) is 0 Å².